The molecule has 146 valence electrons. The van der Waals surface area contributed by atoms with Crippen LogP contribution in [-0.2, 0) is 14.8 Å². The summed E-state index contributed by atoms with van der Waals surface area (Å²) in [6.45, 7) is 4.39. The molecule has 1 amide bonds. The first-order valence-corrected chi connectivity index (χ1v) is 10.2. The number of sulfonamides is 1. The smallest absolute Gasteiger partial charge is 0.254 e. The lowest BCUT2D eigenvalue weighted by Gasteiger charge is -2.25. The van der Waals surface area contributed by atoms with Gasteiger partial charge in [0.25, 0.3) is 5.91 Å². The van der Waals surface area contributed by atoms with Crippen LogP contribution in [0.5, 0.6) is 0 Å². The lowest BCUT2D eigenvalue weighted by Crippen LogP contribution is -2.30. The van der Waals surface area contributed by atoms with Crippen LogP contribution in [0.4, 0.5) is 0 Å². The molecule has 2 aromatic rings. The second kappa shape index (κ2) is 9.12. The van der Waals surface area contributed by atoms with Crippen molar-refractivity contribution in [2.45, 2.75) is 24.8 Å². The maximum atomic E-state index is 12.9. The fraction of sp³-hybridized carbons (Fsp3) is 0.350. The van der Waals surface area contributed by atoms with Gasteiger partial charge in [-0.05, 0) is 37.6 Å². The van der Waals surface area contributed by atoms with Crippen molar-refractivity contribution in [3.05, 3.63) is 65.2 Å². The average molecular weight is 391 g/mol. The quantitative estimate of drug-likeness (QED) is 0.703. The molecular formula is C20H26N2O4S. The van der Waals surface area contributed by atoms with Crippen LogP contribution in [0, 0.1) is 6.92 Å². The van der Waals surface area contributed by atoms with E-state index in [1.54, 1.807) is 24.1 Å². The number of methoxy groups -OCH3 is 1. The van der Waals surface area contributed by atoms with E-state index in [0.717, 1.165) is 11.1 Å². The number of nitrogens with zero attached hydrogens (tertiary/aromatic N) is 1. The Morgan fingerprint density at radius 1 is 1.19 bits per heavy atom. The van der Waals surface area contributed by atoms with Gasteiger partial charge in [-0.3, -0.25) is 4.79 Å². The first-order valence-electron chi connectivity index (χ1n) is 8.68. The number of hydrogen-bond acceptors (Lipinski definition) is 4. The summed E-state index contributed by atoms with van der Waals surface area (Å²) in [6, 6.07) is 13.9. The van der Waals surface area contributed by atoms with Crippen molar-refractivity contribution in [1.82, 2.24) is 9.62 Å². The molecule has 27 heavy (non-hydrogen) atoms. The van der Waals surface area contributed by atoms with Gasteiger partial charge in [-0.15, -0.1) is 0 Å². The summed E-state index contributed by atoms with van der Waals surface area (Å²) >= 11 is 0. The lowest BCUT2D eigenvalue weighted by molar-refractivity contribution is 0.0742. The van der Waals surface area contributed by atoms with Crippen LogP contribution in [0.25, 0.3) is 0 Å². The fourth-order valence-corrected chi connectivity index (χ4v) is 3.66. The molecule has 0 radical (unpaired) electrons. The summed E-state index contributed by atoms with van der Waals surface area (Å²) < 4.78 is 32.0. The van der Waals surface area contributed by atoms with Crippen molar-refractivity contribution in [2.75, 3.05) is 27.3 Å². The minimum absolute atomic E-state index is 0.0563. The standard InChI is InChI=1S/C20H26N2O4S/c1-15-8-10-17(11-9-15)16(2)22(3)20(23)18-6-5-7-19(14-18)27(24,25)21-12-13-26-4/h5-11,14,16,21H,12-13H2,1-4H3. The molecule has 2 rings (SSSR count). The number of amides is 1. The molecule has 1 atom stereocenters. The highest BCUT2D eigenvalue weighted by atomic mass is 32.2. The first kappa shape index (κ1) is 21.1. The monoisotopic (exact) mass is 390 g/mol. The Morgan fingerprint density at radius 2 is 1.85 bits per heavy atom. The Hall–Kier alpha value is -2.22. The van der Waals surface area contributed by atoms with Gasteiger partial charge in [0, 0.05) is 26.3 Å². The number of benzene rings is 2. The number of nitrogens with one attached hydrogen (secondary N) is 1. The molecule has 0 aromatic heterocycles. The zero-order valence-electron chi connectivity index (χ0n) is 16.1. The van der Waals surface area contributed by atoms with Crippen molar-refractivity contribution in [2.24, 2.45) is 0 Å². The first-order chi connectivity index (χ1) is 12.8. The van der Waals surface area contributed by atoms with E-state index in [9.17, 15) is 13.2 Å². The molecule has 0 bridgehead atoms. The zero-order valence-corrected chi connectivity index (χ0v) is 16.9. The largest absolute Gasteiger partial charge is 0.383 e. The van der Waals surface area contributed by atoms with Crippen LogP contribution in [0.1, 0.15) is 34.5 Å². The van der Waals surface area contributed by atoms with Gasteiger partial charge in [0.15, 0.2) is 0 Å². The molecule has 1 N–H and O–H groups in total. The van der Waals surface area contributed by atoms with Crippen LogP contribution in [0.3, 0.4) is 0 Å². The second-order valence-corrected chi connectivity index (χ2v) is 8.19. The number of ether oxygens (including phenoxy) is 1. The maximum absolute atomic E-state index is 12.9. The highest BCUT2D eigenvalue weighted by Crippen LogP contribution is 2.22. The number of aryl methyl sites for hydroxylation is 1. The molecule has 2 aromatic carbocycles. The third-order valence-corrected chi connectivity index (χ3v) is 5.91. The van der Waals surface area contributed by atoms with Gasteiger partial charge >= 0.3 is 0 Å². The summed E-state index contributed by atoms with van der Waals surface area (Å²) in [7, 11) is -0.480. The number of rotatable bonds is 8. The number of hydrogen-bond donors (Lipinski definition) is 1. The number of carbonyl (C=O) groups is 1. The fourth-order valence-electron chi connectivity index (χ4n) is 2.61. The molecule has 6 nitrogen and oxygen atoms in total. The molecule has 0 aliphatic rings. The molecule has 0 aliphatic heterocycles. The highest BCUT2D eigenvalue weighted by Gasteiger charge is 2.21. The normalized spacial score (nSPS) is 12.6. The van der Waals surface area contributed by atoms with E-state index in [1.807, 2.05) is 38.1 Å². The third-order valence-electron chi connectivity index (χ3n) is 4.45. The average Bonchev–Trinajstić information content (AvgIpc) is 2.67. The van der Waals surface area contributed by atoms with Crippen LogP contribution >= 0.6 is 0 Å². The molecule has 7 heteroatoms. The van der Waals surface area contributed by atoms with Gasteiger partial charge in [-0.25, -0.2) is 13.1 Å². The summed E-state index contributed by atoms with van der Waals surface area (Å²) in [5.74, 6) is -0.239. The number of carbonyl (C=O) groups excluding carboxylic acids is 1. The van der Waals surface area contributed by atoms with Gasteiger partial charge in [0.05, 0.1) is 17.5 Å². The van der Waals surface area contributed by atoms with Gasteiger partial charge in [0.1, 0.15) is 0 Å². The summed E-state index contributed by atoms with van der Waals surface area (Å²) in [6.07, 6.45) is 0. The third kappa shape index (κ3) is 5.38. The molecule has 0 saturated heterocycles. The van der Waals surface area contributed by atoms with Crippen molar-refractivity contribution in [1.29, 1.82) is 0 Å². The Balaban J connectivity index is 2.19. The Labute approximate surface area is 161 Å². The second-order valence-electron chi connectivity index (χ2n) is 6.42. The topological polar surface area (TPSA) is 75.7 Å². The van der Waals surface area contributed by atoms with E-state index in [4.69, 9.17) is 4.74 Å². The van der Waals surface area contributed by atoms with Crippen molar-refractivity contribution >= 4 is 15.9 Å². The summed E-state index contributed by atoms with van der Waals surface area (Å²) in [5, 5.41) is 0. The minimum Gasteiger partial charge on any atom is -0.383 e. The van der Waals surface area contributed by atoms with Crippen LogP contribution in [0.2, 0.25) is 0 Å². The van der Waals surface area contributed by atoms with Crippen molar-refractivity contribution < 1.29 is 17.9 Å². The Kier molecular flexibility index (Phi) is 7.12. The van der Waals surface area contributed by atoms with Gasteiger partial charge in [-0.1, -0.05) is 35.9 Å². The van der Waals surface area contributed by atoms with Crippen molar-refractivity contribution in [3.63, 3.8) is 0 Å². The van der Waals surface area contributed by atoms with E-state index in [2.05, 4.69) is 4.72 Å². The van der Waals surface area contributed by atoms with Crippen LogP contribution < -0.4 is 4.72 Å². The molecular weight excluding hydrogens is 364 g/mol. The SMILES string of the molecule is COCCNS(=O)(=O)c1cccc(C(=O)N(C)C(C)c2ccc(C)cc2)c1. The Morgan fingerprint density at radius 3 is 2.48 bits per heavy atom. The lowest BCUT2D eigenvalue weighted by atomic mass is 10.0. The maximum Gasteiger partial charge on any atom is 0.254 e. The van der Waals surface area contributed by atoms with Gasteiger partial charge in [-0.2, -0.15) is 0 Å². The Bertz CT molecular complexity index is 879. The highest BCUT2D eigenvalue weighted by molar-refractivity contribution is 7.89. The molecule has 0 spiro atoms. The molecule has 1 unspecified atom stereocenters. The summed E-state index contributed by atoms with van der Waals surface area (Å²) in [4.78, 5) is 14.5. The zero-order chi connectivity index (χ0) is 20.0. The summed E-state index contributed by atoms with van der Waals surface area (Å²) in [5.41, 5.74) is 2.49. The van der Waals surface area contributed by atoms with E-state index in [1.165, 1.54) is 19.2 Å². The van der Waals surface area contributed by atoms with Crippen LogP contribution in [0.15, 0.2) is 53.4 Å². The predicted octanol–water partition coefficient (Wildman–Crippen LogP) is 2.75. The molecule has 0 heterocycles. The van der Waals surface area contributed by atoms with Gasteiger partial charge in [0.2, 0.25) is 10.0 Å². The molecule has 0 aliphatic carbocycles. The molecule has 0 saturated carbocycles. The van der Waals surface area contributed by atoms with Crippen molar-refractivity contribution in [3.8, 4) is 0 Å². The van der Waals surface area contributed by atoms with E-state index in [-0.39, 0.29) is 30.0 Å². The molecule has 0 fully saturated rings. The minimum atomic E-state index is -3.69. The predicted molar refractivity (Wildman–Crippen MR) is 105 cm³/mol. The van der Waals surface area contributed by atoms with E-state index >= 15 is 0 Å². The van der Waals surface area contributed by atoms with E-state index < -0.39 is 10.0 Å². The van der Waals surface area contributed by atoms with E-state index in [0.29, 0.717) is 5.56 Å². The van der Waals surface area contributed by atoms with Crippen LogP contribution in [-0.4, -0.2) is 46.5 Å². The van der Waals surface area contributed by atoms with Gasteiger partial charge < -0.3 is 9.64 Å².